The number of likely N-dealkylation sites (tertiary alicyclic amines) is 1. The fourth-order valence-electron chi connectivity index (χ4n) is 3.85. The van der Waals surface area contributed by atoms with Crippen LogP contribution in [-0.4, -0.2) is 43.0 Å². The molecule has 2 heterocycles. The van der Waals surface area contributed by atoms with Gasteiger partial charge in [0.05, 0.1) is 6.54 Å². The second-order valence-electron chi connectivity index (χ2n) is 7.58. The molecule has 0 bridgehead atoms. The highest BCUT2D eigenvalue weighted by molar-refractivity contribution is 5.14. The molecule has 1 aromatic heterocycles. The fourth-order valence-corrected chi connectivity index (χ4v) is 3.85. The van der Waals surface area contributed by atoms with E-state index in [0.29, 0.717) is 0 Å². The summed E-state index contributed by atoms with van der Waals surface area (Å²) in [5.41, 5.74) is 1.46. The fraction of sp³-hybridized carbons (Fsp3) is 0.545. The minimum Gasteiger partial charge on any atom is -0.465 e. The smallest absolute Gasteiger partial charge is 0.118 e. The van der Waals surface area contributed by atoms with Gasteiger partial charge in [0.1, 0.15) is 11.5 Å². The van der Waals surface area contributed by atoms with Crippen molar-refractivity contribution in [2.45, 2.75) is 39.2 Å². The van der Waals surface area contributed by atoms with Gasteiger partial charge in [-0.25, -0.2) is 0 Å². The van der Waals surface area contributed by atoms with Crippen LogP contribution in [0, 0.1) is 12.8 Å². The van der Waals surface area contributed by atoms with Crippen molar-refractivity contribution in [2.75, 3.05) is 33.2 Å². The molecule has 0 aliphatic carbocycles. The van der Waals surface area contributed by atoms with Crippen molar-refractivity contribution in [1.29, 1.82) is 0 Å². The van der Waals surface area contributed by atoms with Crippen molar-refractivity contribution in [3.8, 4) is 0 Å². The monoisotopic (exact) mass is 340 g/mol. The van der Waals surface area contributed by atoms with Gasteiger partial charge in [0, 0.05) is 6.54 Å². The number of hydrogen-bond acceptors (Lipinski definition) is 3. The minimum absolute atomic E-state index is 0.844. The lowest BCUT2D eigenvalue weighted by Gasteiger charge is -2.33. The van der Waals surface area contributed by atoms with Crippen molar-refractivity contribution >= 4 is 0 Å². The number of hydrogen-bond donors (Lipinski definition) is 0. The maximum atomic E-state index is 5.71. The average Bonchev–Trinajstić information content (AvgIpc) is 3.02. The Bertz CT molecular complexity index is 614. The van der Waals surface area contributed by atoms with E-state index in [1.165, 1.54) is 57.4 Å². The molecule has 1 saturated heterocycles. The number of nitrogens with zero attached hydrogens (tertiary/aromatic N) is 2. The normalized spacial score (nSPS) is 16.6. The van der Waals surface area contributed by atoms with E-state index in [0.717, 1.165) is 24.0 Å². The summed E-state index contributed by atoms with van der Waals surface area (Å²) in [5.74, 6) is 2.97. The van der Waals surface area contributed by atoms with E-state index < -0.39 is 0 Å². The SMILES string of the molecule is Cc1ccc(CN2CCC(CN(C)CCCc3ccccc3)CC2)o1. The van der Waals surface area contributed by atoms with Gasteiger partial charge >= 0.3 is 0 Å². The van der Waals surface area contributed by atoms with Gasteiger partial charge in [0.2, 0.25) is 0 Å². The Balaban J connectivity index is 1.31. The molecule has 1 aromatic carbocycles. The molecule has 0 radical (unpaired) electrons. The third-order valence-electron chi connectivity index (χ3n) is 5.30. The summed E-state index contributed by atoms with van der Waals surface area (Å²) in [6, 6.07) is 15.0. The first-order valence-electron chi connectivity index (χ1n) is 9.69. The van der Waals surface area contributed by atoms with Crippen LogP contribution < -0.4 is 0 Å². The Labute approximate surface area is 152 Å². The Kier molecular flexibility index (Phi) is 6.71. The number of furan rings is 1. The predicted molar refractivity (Wildman–Crippen MR) is 104 cm³/mol. The molecule has 3 nitrogen and oxygen atoms in total. The molecule has 3 heteroatoms. The maximum absolute atomic E-state index is 5.71. The summed E-state index contributed by atoms with van der Waals surface area (Å²) >= 11 is 0. The van der Waals surface area contributed by atoms with E-state index in [1.807, 2.05) is 6.92 Å². The zero-order chi connectivity index (χ0) is 17.5. The molecule has 1 aliphatic heterocycles. The van der Waals surface area contributed by atoms with Crippen LogP contribution in [-0.2, 0) is 13.0 Å². The number of aryl methyl sites for hydroxylation is 2. The summed E-state index contributed by atoms with van der Waals surface area (Å²) in [6.07, 6.45) is 5.05. The van der Waals surface area contributed by atoms with Gasteiger partial charge in [-0.1, -0.05) is 30.3 Å². The Morgan fingerprint density at radius 2 is 1.84 bits per heavy atom. The highest BCUT2D eigenvalue weighted by Gasteiger charge is 2.21. The van der Waals surface area contributed by atoms with Crippen molar-refractivity contribution in [1.82, 2.24) is 9.80 Å². The van der Waals surface area contributed by atoms with Gasteiger partial charge < -0.3 is 9.32 Å². The highest BCUT2D eigenvalue weighted by atomic mass is 16.3. The molecule has 25 heavy (non-hydrogen) atoms. The van der Waals surface area contributed by atoms with Crippen LogP contribution in [0.15, 0.2) is 46.9 Å². The Morgan fingerprint density at radius 3 is 2.52 bits per heavy atom. The van der Waals surface area contributed by atoms with Crippen molar-refractivity contribution in [2.24, 2.45) is 5.92 Å². The van der Waals surface area contributed by atoms with Crippen LogP contribution in [0.1, 0.15) is 36.3 Å². The molecular weight excluding hydrogens is 308 g/mol. The lowest BCUT2D eigenvalue weighted by Crippen LogP contribution is -2.37. The maximum Gasteiger partial charge on any atom is 0.118 e. The van der Waals surface area contributed by atoms with E-state index in [4.69, 9.17) is 4.42 Å². The number of rotatable bonds is 8. The molecule has 0 atom stereocenters. The second-order valence-corrected chi connectivity index (χ2v) is 7.58. The van der Waals surface area contributed by atoms with Crippen LogP contribution in [0.25, 0.3) is 0 Å². The van der Waals surface area contributed by atoms with E-state index in [9.17, 15) is 0 Å². The van der Waals surface area contributed by atoms with Gasteiger partial charge in [0.25, 0.3) is 0 Å². The molecule has 0 N–H and O–H groups in total. The molecule has 0 amide bonds. The van der Waals surface area contributed by atoms with Crippen LogP contribution in [0.4, 0.5) is 0 Å². The topological polar surface area (TPSA) is 19.6 Å². The Morgan fingerprint density at radius 1 is 1.08 bits per heavy atom. The van der Waals surface area contributed by atoms with E-state index in [1.54, 1.807) is 0 Å². The average molecular weight is 341 g/mol. The molecular formula is C22H32N2O. The third kappa shape index (κ3) is 6.02. The zero-order valence-electron chi connectivity index (χ0n) is 15.8. The highest BCUT2D eigenvalue weighted by Crippen LogP contribution is 2.20. The van der Waals surface area contributed by atoms with Gasteiger partial charge in [-0.15, -0.1) is 0 Å². The summed E-state index contributed by atoms with van der Waals surface area (Å²) < 4.78 is 5.71. The van der Waals surface area contributed by atoms with Gasteiger partial charge in [-0.3, -0.25) is 4.90 Å². The molecule has 0 spiro atoms. The van der Waals surface area contributed by atoms with Crippen molar-refractivity contribution in [3.05, 3.63) is 59.5 Å². The molecule has 1 aliphatic rings. The predicted octanol–water partition coefficient (Wildman–Crippen LogP) is 4.36. The van der Waals surface area contributed by atoms with E-state index >= 15 is 0 Å². The Hall–Kier alpha value is -1.58. The third-order valence-corrected chi connectivity index (χ3v) is 5.30. The summed E-state index contributed by atoms with van der Waals surface area (Å²) in [7, 11) is 2.28. The largest absolute Gasteiger partial charge is 0.465 e. The summed E-state index contributed by atoms with van der Waals surface area (Å²) in [4.78, 5) is 5.06. The first-order chi connectivity index (χ1) is 12.2. The summed E-state index contributed by atoms with van der Waals surface area (Å²) in [6.45, 7) is 7.81. The molecule has 1 fully saturated rings. The van der Waals surface area contributed by atoms with Crippen LogP contribution in [0.2, 0.25) is 0 Å². The summed E-state index contributed by atoms with van der Waals surface area (Å²) in [5, 5.41) is 0. The molecule has 2 aromatic rings. The van der Waals surface area contributed by atoms with Gasteiger partial charge in [0.15, 0.2) is 0 Å². The standard InChI is InChI=1S/C22H32N2O/c1-19-10-11-22(25-19)18-24-15-12-21(13-16-24)17-23(2)14-6-9-20-7-4-3-5-8-20/h3-5,7-8,10-11,21H,6,9,12-18H2,1-2H3. The van der Waals surface area contributed by atoms with Crippen LogP contribution in [0.3, 0.4) is 0 Å². The molecule has 3 rings (SSSR count). The molecule has 0 saturated carbocycles. The number of benzene rings is 1. The van der Waals surface area contributed by atoms with Crippen molar-refractivity contribution < 1.29 is 4.42 Å². The quantitative estimate of drug-likeness (QED) is 0.712. The van der Waals surface area contributed by atoms with E-state index in [2.05, 4.69) is 59.3 Å². The van der Waals surface area contributed by atoms with Crippen LogP contribution in [0.5, 0.6) is 0 Å². The van der Waals surface area contributed by atoms with Gasteiger partial charge in [-0.05, 0) is 82.9 Å². The van der Waals surface area contributed by atoms with Crippen molar-refractivity contribution in [3.63, 3.8) is 0 Å². The molecule has 0 unspecified atom stereocenters. The van der Waals surface area contributed by atoms with Crippen LogP contribution >= 0.6 is 0 Å². The number of piperidine rings is 1. The zero-order valence-corrected chi connectivity index (χ0v) is 15.8. The lowest BCUT2D eigenvalue weighted by molar-refractivity contribution is 0.141. The first-order valence-corrected chi connectivity index (χ1v) is 9.69. The van der Waals surface area contributed by atoms with Gasteiger partial charge in [-0.2, -0.15) is 0 Å². The lowest BCUT2D eigenvalue weighted by atomic mass is 9.96. The van der Waals surface area contributed by atoms with E-state index in [-0.39, 0.29) is 0 Å². The molecule has 136 valence electrons. The minimum atomic E-state index is 0.844. The second kappa shape index (κ2) is 9.21. The first kappa shape index (κ1) is 18.2.